The molecule has 17 rings (SSSR count). The second-order valence-electron chi connectivity index (χ2n) is 23.9. The quantitative estimate of drug-likeness (QED) is 0.148. The number of para-hydroxylation sites is 3. The smallest absolute Gasteiger partial charge is 0.0547 e. The molecule has 0 fully saturated rings. The zero-order chi connectivity index (χ0) is 61.4. The topological polar surface area (TPSA) is 13.1 Å². The summed E-state index contributed by atoms with van der Waals surface area (Å²) in [6.45, 7) is 6.39. The van der Waals surface area contributed by atoms with Gasteiger partial charge >= 0.3 is 0 Å². The molecule has 17 aromatic rings. The first-order valence-electron chi connectivity index (χ1n) is 31.4. The Kier molecular flexibility index (Phi) is 14.9. The molecule has 2 heterocycles. The van der Waals surface area contributed by atoms with E-state index in [4.69, 9.17) is 0 Å². The Hall–Kier alpha value is -11.5. The van der Waals surface area contributed by atoms with E-state index in [-0.39, 0.29) is 0 Å². The number of benzene rings is 15. The van der Waals surface area contributed by atoms with Gasteiger partial charge in [-0.1, -0.05) is 284 Å². The highest BCUT2D eigenvalue weighted by atomic mass is 15.1. The Bertz CT molecular complexity index is 5240. The van der Waals surface area contributed by atoms with Gasteiger partial charge in [-0.25, -0.2) is 0 Å². The highest BCUT2D eigenvalue weighted by Gasteiger charge is 2.17. The summed E-state index contributed by atoms with van der Waals surface area (Å²) in [6, 6.07) is 120. The van der Waals surface area contributed by atoms with Crippen molar-refractivity contribution in [1.29, 1.82) is 0 Å². The molecular weight excluding hydrogens is 1100 g/mol. The van der Waals surface area contributed by atoms with Crippen molar-refractivity contribution in [2.75, 3.05) is 11.9 Å². The molecule has 434 valence electrons. The highest BCUT2D eigenvalue weighted by molar-refractivity contribution is 6.12. The summed E-state index contributed by atoms with van der Waals surface area (Å²) in [5, 5.41) is 12.8. The molecule has 0 saturated heterocycles. The lowest BCUT2D eigenvalue weighted by atomic mass is 9.95. The second kappa shape index (κ2) is 24.2. The van der Waals surface area contributed by atoms with Crippen LogP contribution in [0.15, 0.2) is 334 Å². The van der Waals surface area contributed by atoms with E-state index >= 15 is 0 Å². The van der Waals surface area contributed by atoms with Gasteiger partial charge < -0.3 is 14.0 Å². The maximum atomic E-state index is 2.39. The van der Waals surface area contributed by atoms with Crippen LogP contribution in [0, 0.1) is 20.8 Å². The third kappa shape index (κ3) is 10.8. The van der Waals surface area contributed by atoms with E-state index in [0.29, 0.717) is 0 Å². The van der Waals surface area contributed by atoms with E-state index in [2.05, 4.69) is 376 Å². The summed E-state index contributed by atoms with van der Waals surface area (Å²) in [4.78, 5) is 2.26. The van der Waals surface area contributed by atoms with Crippen LogP contribution in [0.25, 0.3) is 132 Å². The molecule has 0 saturated carbocycles. The van der Waals surface area contributed by atoms with Crippen molar-refractivity contribution >= 4 is 87.3 Å². The van der Waals surface area contributed by atoms with Crippen LogP contribution < -0.4 is 4.90 Å². The fourth-order valence-electron chi connectivity index (χ4n) is 13.4. The molecule has 15 aromatic carbocycles. The van der Waals surface area contributed by atoms with Gasteiger partial charge in [-0.3, -0.25) is 0 Å². The summed E-state index contributed by atoms with van der Waals surface area (Å²) in [6.07, 6.45) is 0. The molecule has 0 atom stereocenters. The standard InChI is InChI=1S/C30H25N.2C29H21N/c1-22-14-20-26(21-15-22)31(2)30-13-6-5-11-29(30)25-18-16-24(17-19-25)28-12-7-9-23-8-3-4-10-27(23)28;2*1-20-13-16-23(17-14-20)30-28-12-5-4-10-26(28)27-18-15-22(19-29(27)30)25-11-6-8-21-7-2-3-9-24(21)25/h3-21H,1-2H3;2*2-19H,1H3. The summed E-state index contributed by atoms with van der Waals surface area (Å²) in [5.41, 5.74) is 23.6. The predicted molar refractivity (Wildman–Crippen MR) is 391 cm³/mol. The maximum absolute atomic E-state index is 2.39. The van der Waals surface area contributed by atoms with E-state index in [1.165, 1.54) is 160 Å². The van der Waals surface area contributed by atoms with Crippen LogP contribution in [0.4, 0.5) is 11.4 Å². The van der Waals surface area contributed by atoms with Gasteiger partial charge in [-0.05, 0) is 159 Å². The Balaban J connectivity index is 0.000000114. The number of nitrogens with zero attached hydrogens (tertiary/aromatic N) is 3. The summed E-state index contributed by atoms with van der Waals surface area (Å²) < 4.78 is 4.78. The van der Waals surface area contributed by atoms with Crippen LogP contribution in [-0.2, 0) is 0 Å². The number of fused-ring (bicyclic) bond motifs is 9. The van der Waals surface area contributed by atoms with Crippen molar-refractivity contribution in [2.24, 2.45) is 0 Å². The van der Waals surface area contributed by atoms with Gasteiger partial charge in [0, 0.05) is 56.9 Å². The number of hydrogen-bond donors (Lipinski definition) is 0. The van der Waals surface area contributed by atoms with Crippen molar-refractivity contribution in [3.8, 4) is 55.9 Å². The Labute approximate surface area is 532 Å². The minimum absolute atomic E-state index is 1.19. The molecule has 0 aliphatic heterocycles. The number of hydrogen-bond acceptors (Lipinski definition) is 1. The van der Waals surface area contributed by atoms with Crippen LogP contribution in [0.1, 0.15) is 16.7 Å². The molecule has 91 heavy (non-hydrogen) atoms. The number of aromatic nitrogens is 2. The van der Waals surface area contributed by atoms with Crippen molar-refractivity contribution in [2.45, 2.75) is 20.8 Å². The molecular formula is C88H67N3. The average Bonchev–Trinajstić information content (AvgIpc) is 1.73. The van der Waals surface area contributed by atoms with Gasteiger partial charge in [0.2, 0.25) is 0 Å². The number of anilines is 2. The first-order valence-corrected chi connectivity index (χ1v) is 31.4. The monoisotopic (exact) mass is 1170 g/mol. The Morgan fingerprint density at radius 2 is 0.538 bits per heavy atom. The van der Waals surface area contributed by atoms with Gasteiger partial charge in [0.15, 0.2) is 0 Å². The third-order valence-corrected chi connectivity index (χ3v) is 18.1. The van der Waals surface area contributed by atoms with E-state index in [9.17, 15) is 0 Å². The van der Waals surface area contributed by atoms with E-state index < -0.39 is 0 Å². The minimum atomic E-state index is 1.19. The van der Waals surface area contributed by atoms with E-state index in [1.807, 2.05) is 0 Å². The number of rotatable bonds is 8. The average molecular weight is 1170 g/mol. The second-order valence-corrected chi connectivity index (χ2v) is 23.9. The number of aryl methyl sites for hydroxylation is 3. The normalized spacial score (nSPS) is 11.3. The molecule has 0 bridgehead atoms. The van der Waals surface area contributed by atoms with Crippen molar-refractivity contribution in [1.82, 2.24) is 9.13 Å². The fraction of sp³-hybridized carbons (Fsp3) is 0.0455. The molecule has 3 heteroatoms. The van der Waals surface area contributed by atoms with Crippen molar-refractivity contribution < 1.29 is 0 Å². The third-order valence-electron chi connectivity index (χ3n) is 18.1. The van der Waals surface area contributed by atoms with Crippen LogP contribution in [0.3, 0.4) is 0 Å². The molecule has 0 spiro atoms. The molecule has 0 aliphatic carbocycles. The lowest BCUT2D eigenvalue weighted by Gasteiger charge is -2.23. The lowest BCUT2D eigenvalue weighted by molar-refractivity contribution is 1.17. The highest BCUT2D eigenvalue weighted by Crippen LogP contribution is 2.41. The van der Waals surface area contributed by atoms with Gasteiger partial charge in [0.25, 0.3) is 0 Å². The SMILES string of the molecule is Cc1ccc(-n2c3ccccc3c3ccc(-c4cccc5ccccc45)cc32)cc1.Cc1ccc(-n2c3ccccc3c3ccc(-c4cccc5ccccc45)cc32)cc1.Cc1ccc(N(C)c2ccccc2-c2ccc(-c3cccc4ccccc34)cc2)cc1. The van der Waals surface area contributed by atoms with E-state index in [0.717, 1.165) is 0 Å². The van der Waals surface area contributed by atoms with Gasteiger partial charge in [0.05, 0.1) is 22.1 Å². The maximum Gasteiger partial charge on any atom is 0.0547 e. The van der Waals surface area contributed by atoms with Crippen molar-refractivity contribution in [3.63, 3.8) is 0 Å². The van der Waals surface area contributed by atoms with Crippen molar-refractivity contribution in [3.05, 3.63) is 350 Å². The van der Waals surface area contributed by atoms with Gasteiger partial charge in [-0.15, -0.1) is 0 Å². The summed E-state index contributed by atoms with van der Waals surface area (Å²) in [5.74, 6) is 0. The largest absolute Gasteiger partial charge is 0.344 e. The molecule has 0 N–H and O–H groups in total. The van der Waals surface area contributed by atoms with Crippen LogP contribution in [0.5, 0.6) is 0 Å². The first-order chi connectivity index (χ1) is 44.8. The molecule has 0 radical (unpaired) electrons. The van der Waals surface area contributed by atoms with Crippen LogP contribution in [-0.4, -0.2) is 16.2 Å². The lowest BCUT2D eigenvalue weighted by Crippen LogP contribution is -2.10. The zero-order valence-corrected chi connectivity index (χ0v) is 51.6. The first kappa shape index (κ1) is 56.0. The van der Waals surface area contributed by atoms with Gasteiger partial charge in [0.1, 0.15) is 0 Å². The molecule has 0 aliphatic rings. The molecule has 3 nitrogen and oxygen atoms in total. The fourth-order valence-corrected chi connectivity index (χ4v) is 13.4. The summed E-state index contributed by atoms with van der Waals surface area (Å²) in [7, 11) is 2.13. The van der Waals surface area contributed by atoms with Crippen LogP contribution in [0.2, 0.25) is 0 Å². The zero-order valence-electron chi connectivity index (χ0n) is 51.6. The van der Waals surface area contributed by atoms with E-state index in [1.54, 1.807) is 0 Å². The predicted octanol–water partition coefficient (Wildman–Crippen LogP) is 24.1. The summed E-state index contributed by atoms with van der Waals surface area (Å²) >= 11 is 0. The minimum Gasteiger partial charge on any atom is -0.344 e. The van der Waals surface area contributed by atoms with Crippen LogP contribution >= 0.6 is 0 Å². The Morgan fingerprint density at radius 1 is 0.231 bits per heavy atom. The molecule has 0 amide bonds. The van der Waals surface area contributed by atoms with Gasteiger partial charge in [-0.2, -0.15) is 0 Å². The Morgan fingerprint density at radius 3 is 0.978 bits per heavy atom. The molecule has 0 unspecified atom stereocenters. The molecule has 2 aromatic heterocycles.